The molecule has 1 saturated heterocycles. The highest BCUT2D eigenvalue weighted by molar-refractivity contribution is 5.29. The van der Waals surface area contributed by atoms with E-state index in [2.05, 4.69) is 4.74 Å². The minimum Gasteiger partial charge on any atom is -0.432 e. The highest BCUT2D eigenvalue weighted by Crippen LogP contribution is 2.44. The van der Waals surface area contributed by atoms with Crippen molar-refractivity contribution < 1.29 is 40.2 Å². The minimum atomic E-state index is -3.67. The largest absolute Gasteiger partial charge is 0.432 e. The van der Waals surface area contributed by atoms with Gasteiger partial charge < -0.3 is 9.47 Å². The Morgan fingerprint density at radius 3 is 2.06 bits per heavy atom. The van der Waals surface area contributed by atoms with Crippen LogP contribution >= 0.6 is 0 Å². The molecule has 2 nitrogen and oxygen atoms in total. The van der Waals surface area contributed by atoms with E-state index in [0.29, 0.717) is 37.8 Å². The average Bonchev–Trinajstić information content (AvgIpc) is 2.81. The molecule has 0 aromatic heterocycles. The Labute approximate surface area is 193 Å². The molecule has 186 valence electrons. The van der Waals surface area contributed by atoms with Gasteiger partial charge in [-0.05, 0) is 62.5 Å². The zero-order chi connectivity index (χ0) is 24.6. The quantitative estimate of drug-likeness (QED) is 0.321. The molecule has 2 unspecified atom stereocenters. The SMILES string of the molecule is Cc1ccc(C2CCC(C3CCC(C(F)(F)Oc4cc(F)c(F)c(F)c4)CC3)OC2)c(F)c1F. The summed E-state index contributed by atoms with van der Waals surface area (Å²) in [5.41, 5.74) is 0.527. The van der Waals surface area contributed by atoms with Crippen molar-refractivity contribution in [3.63, 3.8) is 0 Å². The molecule has 1 aliphatic heterocycles. The summed E-state index contributed by atoms with van der Waals surface area (Å²) in [7, 11) is 0. The monoisotopic (exact) mass is 490 g/mol. The molecular weight excluding hydrogens is 465 g/mol. The summed E-state index contributed by atoms with van der Waals surface area (Å²) in [4.78, 5) is 0. The normalized spacial score (nSPS) is 25.9. The van der Waals surface area contributed by atoms with E-state index < -0.39 is 46.9 Å². The Bertz CT molecular complexity index is 1000. The van der Waals surface area contributed by atoms with Gasteiger partial charge in [-0.3, -0.25) is 0 Å². The zero-order valence-electron chi connectivity index (χ0n) is 18.5. The van der Waals surface area contributed by atoms with Crippen molar-refractivity contribution in [2.45, 2.75) is 63.6 Å². The van der Waals surface area contributed by atoms with Crippen LogP contribution < -0.4 is 4.74 Å². The van der Waals surface area contributed by atoms with E-state index in [9.17, 15) is 30.7 Å². The van der Waals surface area contributed by atoms with Gasteiger partial charge in [-0.1, -0.05) is 12.1 Å². The van der Waals surface area contributed by atoms with E-state index in [4.69, 9.17) is 4.74 Å². The summed E-state index contributed by atoms with van der Waals surface area (Å²) in [6.45, 7) is 1.72. The average molecular weight is 490 g/mol. The molecule has 0 bridgehead atoms. The van der Waals surface area contributed by atoms with Gasteiger partial charge in [0.25, 0.3) is 0 Å². The first-order valence-corrected chi connectivity index (χ1v) is 11.3. The number of hydrogen-bond acceptors (Lipinski definition) is 2. The van der Waals surface area contributed by atoms with Crippen LogP contribution in [0.3, 0.4) is 0 Å². The van der Waals surface area contributed by atoms with Crippen molar-refractivity contribution in [2.24, 2.45) is 11.8 Å². The lowest BCUT2D eigenvalue weighted by molar-refractivity contribution is -0.225. The molecule has 34 heavy (non-hydrogen) atoms. The van der Waals surface area contributed by atoms with Gasteiger partial charge in [0, 0.05) is 18.1 Å². The van der Waals surface area contributed by atoms with E-state index in [1.165, 1.54) is 13.0 Å². The van der Waals surface area contributed by atoms with Crippen LogP contribution in [0.15, 0.2) is 24.3 Å². The lowest BCUT2D eigenvalue weighted by Gasteiger charge is -2.39. The number of rotatable bonds is 5. The van der Waals surface area contributed by atoms with Gasteiger partial charge in [0.05, 0.1) is 18.6 Å². The Morgan fingerprint density at radius 2 is 1.47 bits per heavy atom. The van der Waals surface area contributed by atoms with Crippen LogP contribution in [0.1, 0.15) is 55.6 Å². The minimum absolute atomic E-state index is 0.0355. The lowest BCUT2D eigenvalue weighted by Crippen LogP contribution is -2.40. The molecule has 2 atom stereocenters. The highest BCUT2D eigenvalue weighted by Gasteiger charge is 2.45. The summed E-state index contributed by atoms with van der Waals surface area (Å²) in [5.74, 6) is -8.83. The van der Waals surface area contributed by atoms with Crippen molar-refractivity contribution in [2.75, 3.05) is 6.61 Å². The molecule has 4 rings (SSSR count). The van der Waals surface area contributed by atoms with Crippen LogP contribution in [0.4, 0.5) is 30.7 Å². The lowest BCUT2D eigenvalue weighted by atomic mass is 9.76. The van der Waals surface area contributed by atoms with Gasteiger partial charge in [0.2, 0.25) is 0 Å². The van der Waals surface area contributed by atoms with Crippen LogP contribution in [-0.2, 0) is 4.74 Å². The van der Waals surface area contributed by atoms with Crippen LogP contribution in [0.5, 0.6) is 5.75 Å². The molecule has 2 aromatic rings. The molecule has 0 N–H and O–H groups in total. The van der Waals surface area contributed by atoms with Crippen molar-refractivity contribution in [1.82, 2.24) is 0 Å². The molecule has 0 spiro atoms. The highest BCUT2D eigenvalue weighted by atomic mass is 19.3. The topological polar surface area (TPSA) is 18.5 Å². The third kappa shape index (κ3) is 5.04. The number of hydrogen-bond donors (Lipinski definition) is 0. The summed E-state index contributed by atoms with van der Waals surface area (Å²) < 4.78 is 108. The molecule has 9 heteroatoms. The van der Waals surface area contributed by atoms with Crippen LogP contribution in [0, 0.1) is 47.8 Å². The maximum Gasteiger partial charge on any atom is 0.400 e. The van der Waals surface area contributed by atoms with E-state index in [0.717, 1.165) is 0 Å². The number of alkyl halides is 2. The number of aryl methyl sites for hydroxylation is 1. The fraction of sp³-hybridized carbons (Fsp3) is 0.520. The predicted molar refractivity (Wildman–Crippen MR) is 110 cm³/mol. The number of ether oxygens (including phenoxy) is 2. The second-order valence-corrected chi connectivity index (χ2v) is 9.22. The number of halogens is 7. The van der Waals surface area contributed by atoms with E-state index in [-0.39, 0.29) is 48.5 Å². The van der Waals surface area contributed by atoms with Crippen LogP contribution in [-0.4, -0.2) is 18.8 Å². The molecule has 1 saturated carbocycles. The van der Waals surface area contributed by atoms with Crippen LogP contribution in [0.2, 0.25) is 0 Å². The second-order valence-electron chi connectivity index (χ2n) is 9.22. The van der Waals surface area contributed by atoms with Crippen molar-refractivity contribution >= 4 is 0 Å². The molecular formula is C25H25F7O2. The Kier molecular flexibility index (Phi) is 7.12. The smallest absolute Gasteiger partial charge is 0.400 e. The maximum absolute atomic E-state index is 14.6. The van der Waals surface area contributed by atoms with Gasteiger partial charge in [0.15, 0.2) is 29.1 Å². The third-order valence-corrected chi connectivity index (χ3v) is 7.04. The molecule has 1 aliphatic carbocycles. The molecule has 2 aliphatic rings. The molecule has 0 amide bonds. The summed E-state index contributed by atoms with van der Waals surface area (Å²) in [6.07, 6.45) is -1.51. The first kappa shape index (κ1) is 24.8. The van der Waals surface area contributed by atoms with Gasteiger partial charge in [-0.15, -0.1) is 0 Å². The summed E-state index contributed by atoms with van der Waals surface area (Å²) in [6, 6.07) is 3.91. The van der Waals surface area contributed by atoms with Crippen molar-refractivity contribution in [3.05, 3.63) is 64.5 Å². The second kappa shape index (κ2) is 9.76. The molecule has 1 heterocycles. The van der Waals surface area contributed by atoms with Gasteiger partial charge in [0.1, 0.15) is 5.75 Å². The van der Waals surface area contributed by atoms with Gasteiger partial charge in [-0.25, -0.2) is 22.0 Å². The first-order chi connectivity index (χ1) is 16.1. The Morgan fingerprint density at radius 1 is 0.824 bits per heavy atom. The van der Waals surface area contributed by atoms with Gasteiger partial charge >= 0.3 is 6.11 Å². The maximum atomic E-state index is 14.6. The Balaban J connectivity index is 1.31. The van der Waals surface area contributed by atoms with Crippen molar-refractivity contribution in [1.29, 1.82) is 0 Å². The third-order valence-electron chi connectivity index (χ3n) is 7.04. The molecule has 2 fully saturated rings. The molecule has 2 aromatic carbocycles. The zero-order valence-corrected chi connectivity index (χ0v) is 18.5. The van der Waals surface area contributed by atoms with Crippen molar-refractivity contribution in [3.8, 4) is 5.75 Å². The summed E-state index contributed by atoms with van der Waals surface area (Å²) in [5, 5.41) is 0. The van der Waals surface area contributed by atoms with E-state index in [1.807, 2.05) is 0 Å². The first-order valence-electron chi connectivity index (χ1n) is 11.3. The Hall–Kier alpha value is -2.29. The number of benzene rings is 2. The van der Waals surface area contributed by atoms with Gasteiger partial charge in [-0.2, -0.15) is 8.78 Å². The fourth-order valence-electron chi connectivity index (χ4n) is 5.02. The predicted octanol–water partition coefficient (Wildman–Crippen LogP) is 7.43. The van der Waals surface area contributed by atoms with E-state index in [1.54, 1.807) is 6.07 Å². The molecule has 0 radical (unpaired) electrons. The standard InChI is InChI=1S/C25H25F7O2/c1-13-2-8-18(23(29)22(13)28)15-5-9-21(33-12-15)14-3-6-16(7-4-14)25(31,32)34-17-10-19(26)24(30)20(27)11-17/h2,8,10-11,14-16,21H,3-7,9,12H2,1H3. The van der Waals surface area contributed by atoms with Crippen LogP contribution in [0.25, 0.3) is 0 Å². The van der Waals surface area contributed by atoms with E-state index >= 15 is 0 Å². The fourth-order valence-corrected chi connectivity index (χ4v) is 5.02. The summed E-state index contributed by atoms with van der Waals surface area (Å²) >= 11 is 0.